The Bertz CT molecular complexity index is 1490. The molecule has 0 saturated carbocycles. The average molecular weight is 543 g/mol. The molecule has 0 radical (unpaired) electrons. The van der Waals surface area contributed by atoms with Crippen LogP contribution in [0.15, 0.2) is 83.7 Å². The van der Waals surface area contributed by atoms with Crippen molar-refractivity contribution in [3.05, 3.63) is 100 Å². The van der Waals surface area contributed by atoms with E-state index in [1.807, 2.05) is 43.3 Å². The minimum atomic E-state index is -0.494. The predicted octanol–water partition coefficient (Wildman–Crippen LogP) is 4.68. The summed E-state index contributed by atoms with van der Waals surface area (Å²) < 4.78 is 12.0. The fraction of sp³-hybridized carbons (Fsp3) is 0.290. The lowest BCUT2D eigenvalue weighted by atomic mass is 10.1. The van der Waals surface area contributed by atoms with Gasteiger partial charge in [0.15, 0.2) is 0 Å². The van der Waals surface area contributed by atoms with Crippen molar-refractivity contribution in [1.82, 2.24) is 14.5 Å². The minimum Gasteiger partial charge on any atom is -0.494 e. The van der Waals surface area contributed by atoms with Crippen LogP contribution in [0.4, 0.5) is 10.5 Å². The number of amides is 2. The third kappa shape index (κ3) is 7.47. The molecule has 1 N–H and O–H groups in total. The Kier molecular flexibility index (Phi) is 9.88. The molecule has 0 unspecified atom stereocenters. The van der Waals surface area contributed by atoms with E-state index in [0.29, 0.717) is 36.3 Å². The zero-order chi connectivity index (χ0) is 28.3. The highest BCUT2D eigenvalue weighted by atomic mass is 16.5. The van der Waals surface area contributed by atoms with Crippen LogP contribution < -0.4 is 15.6 Å². The van der Waals surface area contributed by atoms with Gasteiger partial charge < -0.3 is 19.7 Å². The van der Waals surface area contributed by atoms with Gasteiger partial charge in [-0.25, -0.2) is 9.78 Å². The number of rotatable bonds is 12. The summed E-state index contributed by atoms with van der Waals surface area (Å²) in [5.74, 6) is 0.231. The molecule has 4 aromatic rings. The number of nitrogens with one attached hydrogen (secondary N) is 1. The number of hydrogen-bond acceptors (Lipinski definition) is 6. The SMILES string of the molecule is CCOC(=O)Cn1c(=O)c(CCN(CCc2ccccc2)C(=O)Nc2ccc(OCC)cc2)nc2ccccc21. The maximum Gasteiger partial charge on any atom is 0.326 e. The number of benzene rings is 3. The normalized spacial score (nSPS) is 10.8. The maximum atomic E-state index is 13.4. The topological polar surface area (TPSA) is 103 Å². The highest BCUT2D eigenvalue weighted by Gasteiger charge is 2.18. The first-order chi connectivity index (χ1) is 19.5. The Morgan fingerprint density at radius 2 is 1.57 bits per heavy atom. The van der Waals surface area contributed by atoms with Crippen LogP contribution in [-0.4, -0.2) is 52.8 Å². The number of urea groups is 1. The molecule has 208 valence electrons. The van der Waals surface area contributed by atoms with Crippen LogP contribution >= 0.6 is 0 Å². The lowest BCUT2D eigenvalue weighted by Crippen LogP contribution is -2.39. The van der Waals surface area contributed by atoms with Gasteiger partial charge in [0.2, 0.25) is 0 Å². The van der Waals surface area contributed by atoms with Crippen molar-refractivity contribution in [2.45, 2.75) is 33.2 Å². The molecule has 9 heteroatoms. The van der Waals surface area contributed by atoms with Gasteiger partial charge in [0.25, 0.3) is 5.56 Å². The monoisotopic (exact) mass is 542 g/mol. The third-order valence-electron chi connectivity index (χ3n) is 6.35. The van der Waals surface area contributed by atoms with E-state index >= 15 is 0 Å². The van der Waals surface area contributed by atoms with Crippen molar-refractivity contribution in [2.75, 3.05) is 31.6 Å². The van der Waals surface area contributed by atoms with Crippen LogP contribution in [0.25, 0.3) is 11.0 Å². The van der Waals surface area contributed by atoms with Crippen LogP contribution in [0.1, 0.15) is 25.1 Å². The molecule has 0 fully saturated rings. The molecule has 1 heterocycles. The molecule has 0 bridgehead atoms. The van der Waals surface area contributed by atoms with Gasteiger partial charge in [-0.05, 0) is 62.2 Å². The van der Waals surface area contributed by atoms with Gasteiger partial charge >= 0.3 is 12.0 Å². The number of hydrogen-bond donors (Lipinski definition) is 1. The predicted molar refractivity (Wildman–Crippen MR) is 155 cm³/mol. The number of ether oxygens (including phenoxy) is 2. The van der Waals surface area contributed by atoms with E-state index in [2.05, 4.69) is 10.3 Å². The van der Waals surface area contributed by atoms with Gasteiger partial charge in [-0.1, -0.05) is 42.5 Å². The number of fused-ring (bicyclic) bond motifs is 1. The van der Waals surface area contributed by atoms with Crippen molar-refractivity contribution >= 4 is 28.7 Å². The Labute approximate surface area is 233 Å². The second kappa shape index (κ2) is 13.9. The molecule has 0 aliphatic carbocycles. The van der Waals surface area contributed by atoms with E-state index in [4.69, 9.17) is 9.47 Å². The Balaban J connectivity index is 1.56. The molecule has 0 aliphatic rings. The number of esters is 1. The van der Waals surface area contributed by atoms with Gasteiger partial charge in [0, 0.05) is 25.2 Å². The summed E-state index contributed by atoms with van der Waals surface area (Å²) in [6.45, 7) is 4.91. The lowest BCUT2D eigenvalue weighted by Gasteiger charge is -2.23. The molecule has 40 heavy (non-hydrogen) atoms. The molecule has 9 nitrogen and oxygen atoms in total. The van der Waals surface area contributed by atoms with Crippen molar-refractivity contribution < 1.29 is 19.1 Å². The second-order valence-corrected chi connectivity index (χ2v) is 9.10. The van der Waals surface area contributed by atoms with Gasteiger partial charge in [-0.3, -0.25) is 14.2 Å². The largest absolute Gasteiger partial charge is 0.494 e. The van der Waals surface area contributed by atoms with Gasteiger partial charge in [-0.2, -0.15) is 0 Å². The number of para-hydroxylation sites is 2. The Hall–Kier alpha value is -4.66. The van der Waals surface area contributed by atoms with E-state index in [9.17, 15) is 14.4 Å². The first-order valence-electron chi connectivity index (χ1n) is 13.4. The fourth-order valence-corrected chi connectivity index (χ4v) is 4.37. The molecule has 0 spiro atoms. The van der Waals surface area contributed by atoms with E-state index in [0.717, 1.165) is 11.3 Å². The molecule has 0 aliphatic heterocycles. The smallest absolute Gasteiger partial charge is 0.326 e. The van der Waals surface area contributed by atoms with Crippen molar-refractivity contribution in [3.8, 4) is 5.75 Å². The van der Waals surface area contributed by atoms with E-state index in [1.165, 1.54) is 4.57 Å². The van der Waals surface area contributed by atoms with Crippen LogP contribution in [0.2, 0.25) is 0 Å². The quantitative estimate of drug-likeness (QED) is 0.261. The van der Waals surface area contributed by atoms with Crippen LogP contribution in [-0.2, 0) is 28.9 Å². The highest BCUT2D eigenvalue weighted by molar-refractivity contribution is 5.89. The summed E-state index contributed by atoms with van der Waals surface area (Å²) in [5, 5.41) is 2.95. The lowest BCUT2D eigenvalue weighted by molar-refractivity contribution is -0.143. The summed E-state index contributed by atoms with van der Waals surface area (Å²) in [5.41, 5.74) is 2.79. The fourth-order valence-electron chi connectivity index (χ4n) is 4.37. The first-order valence-corrected chi connectivity index (χ1v) is 13.4. The molecule has 0 saturated heterocycles. The second-order valence-electron chi connectivity index (χ2n) is 9.10. The molecule has 1 aromatic heterocycles. The van der Waals surface area contributed by atoms with Crippen LogP contribution in [0.3, 0.4) is 0 Å². The summed E-state index contributed by atoms with van der Waals surface area (Å²) in [4.78, 5) is 45.3. The molecule has 0 atom stereocenters. The molecule has 3 aromatic carbocycles. The molecule has 4 rings (SSSR count). The first kappa shape index (κ1) is 28.4. The average Bonchev–Trinajstić information content (AvgIpc) is 2.96. The van der Waals surface area contributed by atoms with Gasteiger partial charge in [-0.15, -0.1) is 0 Å². The Morgan fingerprint density at radius 3 is 2.30 bits per heavy atom. The zero-order valence-electron chi connectivity index (χ0n) is 22.8. The van der Waals surface area contributed by atoms with E-state index < -0.39 is 5.97 Å². The van der Waals surface area contributed by atoms with Crippen molar-refractivity contribution in [2.24, 2.45) is 0 Å². The van der Waals surface area contributed by atoms with Crippen molar-refractivity contribution in [3.63, 3.8) is 0 Å². The molecule has 2 amide bonds. The number of aromatic nitrogens is 2. The van der Waals surface area contributed by atoms with Crippen molar-refractivity contribution in [1.29, 1.82) is 0 Å². The summed E-state index contributed by atoms with van der Waals surface area (Å²) in [6, 6.07) is 24.0. The van der Waals surface area contributed by atoms with E-state index in [-0.39, 0.29) is 43.4 Å². The molecular weight excluding hydrogens is 508 g/mol. The van der Waals surface area contributed by atoms with Crippen LogP contribution in [0, 0.1) is 0 Å². The highest BCUT2D eigenvalue weighted by Crippen LogP contribution is 2.17. The van der Waals surface area contributed by atoms with Gasteiger partial charge in [0.05, 0.1) is 24.2 Å². The maximum absolute atomic E-state index is 13.4. The molecular formula is C31H34N4O5. The number of carbonyl (C=O) groups is 2. The summed E-state index contributed by atoms with van der Waals surface area (Å²) in [6.07, 6.45) is 0.869. The van der Waals surface area contributed by atoms with E-state index in [1.54, 1.807) is 54.3 Å². The third-order valence-corrected chi connectivity index (χ3v) is 6.35. The summed E-state index contributed by atoms with van der Waals surface area (Å²) >= 11 is 0. The summed E-state index contributed by atoms with van der Waals surface area (Å²) in [7, 11) is 0. The number of nitrogens with zero attached hydrogens (tertiary/aromatic N) is 3. The van der Waals surface area contributed by atoms with Crippen LogP contribution in [0.5, 0.6) is 5.75 Å². The zero-order valence-corrected chi connectivity index (χ0v) is 22.8. The standard InChI is InChI=1S/C31H34N4O5/c1-3-39-25-16-14-24(15-17-25)32-31(38)34(20-18-23-10-6-5-7-11-23)21-19-27-30(37)35(22-29(36)40-4-2)28-13-9-8-12-26(28)33-27/h5-17H,3-4,18-22H2,1-2H3,(H,32,38). The minimum absolute atomic E-state index is 0.210. The number of carbonyl (C=O) groups excluding carboxylic acids is 2. The van der Waals surface area contributed by atoms with Gasteiger partial charge in [0.1, 0.15) is 18.0 Å². The number of anilines is 1. The Morgan fingerprint density at radius 1 is 0.875 bits per heavy atom.